The van der Waals surface area contributed by atoms with Crippen molar-refractivity contribution in [3.8, 4) is 0 Å². The van der Waals surface area contributed by atoms with Gasteiger partial charge in [-0.1, -0.05) is 20.8 Å². The van der Waals surface area contributed by atoms with Crippen molar-refractivity contribution in [1.29, 1.82) is 0 Å². The molecule has 3 rings (SSSR count). The van der Waals surface area contributed by atoms with Gasteiger partial charge >= 0.3 is 0 Å². The summed E-state index contributed by atoms with van der Waals surface area (Å²) in [7, 11) is 3.70. The largest absolute Gasteiger partial charge is 0.380 e. The highest BCUT2D eigenvalue weighted by molar-refractivity contribution is 5.96. The van der Waals surface area contributed by atoms with Crippen molar-refractivity contribution in [3.05, 3.63) is 24.0 Å². The van der Waals surface area contributed by atoms with E-state index < -0.39 is 0 Å². The van der Waals surface area contributed by atoms with Gasteiger partial charge in [0.15, 0.2) is 0 Å². The van der Waals surface area contributed by atoms with Crippen LogP contribution in [0.15, 0.2) is 18.2 Å². The molecule has 1 aromatic heterocycles. The minimum absolute atomic E-state index is 0.0270. The third kappa shape index (κ3) is 3.16. The highest BCUT2D eigenvalue weighted by atomic mass is 16.5. The molecular formula is C18H26N4O2. The first-order valence-electron chi connectivity index (χ1n) is 8.33. The van der Waals surface area contributed by atoms with Gasteiger partial charge < -0.3 is 19.9 Å². The van der Waals surface area contributed by atoms with Crippen molar-refractivity contribution in [1.82, 2.24) is 14.9 Å². The lowest BCUT2D eigenvalue weighted by Gasteiger charge is -2.17. The van der Waals surface area contributed by atoms with Gasteiger partial charge in [0.25, 0.3) is 0 Å². The number of aryl methyl sites for hydroxylation is 1. The summed E-state index contributed by atoms with van der Waals surface area (Å²) in [6.07, 6.45) is 0.802. The molecule has 2 N–H and O–H groups in total. The van der Waals surface area contributed by atoms with Gasteiger partial charge in [0.1, 0.15) is 5.82 Å². The number of hydrogen-bond donors (Lipinski definition) is 2. The second-order valence-corrected chi connectivity index (χ2v) is 7.49. The van der Waals surface area contributed by atoms with E-state index in [2.05, 4.69) is 36.0 Å². The molecule has 1 aliphatic heterocycles. The smallest absolute Gasteiger partial charge is 0.241 e. The SMILES string of the molecule is CO[C@@H]1CN[C@@H](C(=O)Nc2ccc3c(c2)nc(C(C)(C)C)n3C)C1. The first kappa shape index (κ1) is 16.9. The molecule has 1 aliphatic rings. The summed E-state index contributed by atoms with van der Waals surface area (Å²) in [5.41, 5.74) is 2.71. The number of methoxy groups -OCH3 is 1. The van der Waals surface area contributed by atoms with Crippen LogP contribution in [0, 0.1) is 0 Å². The average Bonchev–Trinajstić information content (AvgIpc) is 3.11. The number of amides is 1. The number of nitrogens with zero attached hydrogens (tertiary/aromatic N) is 2. The minimum atomic E-state index is -0.209. The Morgan fingerprint density at radius 1 is 1.42 bits per heavy atom. The van der Waals surface area contributed by atoms with Crippen LogP contribution in [0.5, 0.6) is 0 Å². The molecule has 2 aromatic rings. The summed E-state index contributed by atoms with van der Waals surface area (Å²) < 4.78 is 7.41. The number of imidazole rings is 1. The number of benzene rings is 1. The molecule has 0 aliphatic carbocycles. The minimum Gasteiger partial charge on any atom is -0.380 e. The molecule has 0 spiro atoms. The normalized spacial score (nSPS) is 21.4. The Morgan fingerprint density at radius 2 is 2.17 bits per heavy atom. The van der Waals surface area contributed by atoms with Gasteiger partial charge in [0, 0.05) is 31.8 Å². The molecule has 0 saturated carbocycles. The van der Waals surface area contributed by atoms with E-state index in [1.165, 1.54) is 0 Å². The number of fused-ring (bicyclic) bond motifs is 1. The standard InChI is InChI=1S/C18H26N4O2/c1-18(2,3)17-21-13-8-11(6-7-15(13)22(17)4)20-16(23)14-9-12(24-5)10-19-14/h6-8,12,14,19H,9-10H2,1-5H3,(H,20,23)/t12-,14+/m0/s1. The maximum Gasteiger partial charge on any atom is 0.241 e. The molecule has 24 heavy (non-hydrogen) atoms. The van der Waals surface area contributed by atoms with Crippen molar-refractivity contribution in [3.63, 3.8) is 0 Å². The monoisotopic (exact) mass is 330 g/mol. The number of ether oxygens (including phenoxy) is 1. The predicted octanol–water partition coefficient (Wildman–Crippen LogP) is 2.19. The van der Waals surface area contributed by atoms with Crippen molar-refractivity contribution in [2.75, 3.05) is 19.0 Å². The van der Waals surface area contributed by atoms with E-state index in [-0.39, 0.29) is 23.5 Å². The van der Waals surface area contributed by atoms with Crippen LogP contribution in [0.25, 0.3) is 11.0 Å². The number of rotatable bonds is 3. The van der Waals surface area contributed by atoms with E-state index in [0.717, 1.165) is 22.5 Å². The highest BCUT2D eigenvalue weighted by Crippen LogP contribution is 2.27. The van der Waals surface area contributed by atoms with Gasteiger partial charge in [-0.05, 0) is 24.6 Å². The van der Waals surface area contributed by atoms with E-state index in [1.807, 2.05) is 25.2 Å². The molecule has 1 amide bonds. The first-order valence-corrected chi connectivity index (χ1v) is 8.33. The fourth-order valence-corrected chi connectivity index (χ4v) is 3.26. The number of anilines is 1. The second-order valence-electron chi connectivity index (χ2n) is 7.49. The van der Waals surface area contributed by atoms with Crippen LogP contribution in [0.4, 0.5) is 5.69 Å². The maximum atomic E-state index is 12.4. The molecular weight excluding hydrogens is 304 g/mol. The molecule has 130 valence electrons. The van der Waals surface area contributed by atoms with E-state index in [1.54, 1.807) is 7.11 Å². The fourth-order valence-electron chi connectivity index (χ4n) is 3.26. The Kier molecular flexibility index (Phi) is 4.36. The lowest BCUT2D eigenvalue weighted by atomic mass is 9.96. The second kappa shape index (κ2) is 6.18. The summed E-state index contributed by atoms with van der Waals surface area (Å²) in [6.45, 7) is 7.15. The number of nitrogens with one attached hydrogen (secondary N) is 2. The summed E-state index contributed by atoms with van der Waals surface area (Å²) in [5, 5.41) is 6.17. The Balaban J connectivity index is 1.80. The van der Waals surface area contributed by atoms with Gasteiger partial charge in [0.05, 0.1) is 23.2 Å². The Morgan fingerprint density at radius 3 is 2.79 bits per heavy atom. The number of hydrogen-bond acceptors (Lipinski definition) is 4. The third-order valence-corrected chi connectivity index (χ3v) is 4.56. The van der Waals surface area contributed by atoms with Crippen molar-refractivity contribution >= 4 is 22.6 Å². The molecule has 1 aromatic carbocycles. The van der Waals surface area contributed by atoms with Crippen LogP contribution in [0.3, 0.4) is 0 Å². The van der Waals surface area contributed by atoms with E-state index in [9.17, 15) is 4.79 Å². The fraction of sp³-hybridized carbons (Fsp3) is 0.556. The molecule has 0 radical (unpaired) electrons. The van der Waals surface area contributed by atoms with E-state index in [4.69, 9.17) is 9.72 Å². The van der Waals surface area contributed by atoms with Crippen LogP contribution in [-0.4, -0.2) is 41.3 Å². The number of carbonyl (C=O) groups is 1. The van der Waals surface area contributed by atoms with Gasteiger partial charge in [-0.3, -0.25) is 4.79 Å². The van der Waals surface area contributed by atoms with Crippen LogP contribution in [0.2, 0.25) is 0 Å². The maximum absolute atomic E-state index is 12.4. The quantitative estimate of drug-likeness (QED) is 0.905. The topological polar surface area (TPSA) is 68.2 Å². The first-order chi connectivity index (χ1) is 11.3. The molecule has 1 fully saturated rings. The number of carbonyl (C=O) groups excluding carboxylic acids is 1. The molecule has 0 unspecified atom stereocenters. The Bertz CT molecular complexity index is 760. The summed E-state index contributed by atoms with van der Waals surface area (Å²) in [6, 6.07) is 5.66. The Hall–Kier alpha value is -1.92. The van der Waals surface area contributed by atoms with Crippen molar-refractivity contribution in [2.45, 2.75) is 44.8 Å². The van der Waals surface area contributed by atoms with E-state index in [0.29, 0.717) is 13.0 Å². The average molecular weight is 330 g/mol. The number of aromatic nitrogens is 2. The molecule has 6 nitrogen and oxygen atoms in total. The van der Waals surface area contributed by atoms with Crippen LogP contribution in [0.1, 0.15) is 33.0 Å². The third-order valence-electron chi connectivity index (χ3n) is 4.56. The summed E-state index contributed by atoms with van der Waals surface area (Å²) in [4.78, 5) is 17.1. The van der Waals surface area contributed by atoms with Crippen molar-refractivity contribution in [2.24, 2.45) is 7.05 Å². The predicted molar refractivity (Wildman–Crippen MR) is 95.2 cm³/mol. The molecule has 2 heterocycles. The zero-order valence-electron chi connectivity index (χ0n) is 15.0. The molecule has 6 heteroatoms. The van der Waals surface area contributed by atoms with Gasteiger partial charge in [-0.15, -0.1) is 0 Å². The lowest BCUT2D eigenvalue weighted by molar-refractivity contribution is -0.118. The molecule has 2 atom stereocenters. The lowest BCUT2D eigenvalue weighted by Crippen LogP contribution is -2.35. The molecule has 0 bridgehead atoms. The van der Waals surface area contributed by atoms with Gasteiger partial charge in [-0.2, -0.15) is 0 Å². The zero-order valence-corrected chi connectivity index (χ0v) is 15.0. The van der Waals surface area contributed by atoms with Crippen LogP contribution < -0.4 is 10.6 Å². The van der Waals surface area contributed by atoms with Gasteiger partial charge in [0.2, 0.25) is 5.91 Å². The van der Waals surface area contributed by atoms with Crippen molar-refractivity contribution < 1.29 is 9.53 Å². The Labute approximate surface area is 142 Å². The zero-order chi connectivity index (χ0) is 17.5. The summed E-state index contributed by atoms with van der Waals surface area (Å²) >= 11 is 0. The van der Waals surface area contributed by atoms with Crippen LogP contribution in [-0.2, 0) is 22.0 Å². The highest BCUT2D eigenvalue weighted by Gasteiger charge is 2.29. The van der Waals surface area contributed by atoms with E-state index >= 15 is 0 Å². The molecule has 1 saturated heterocycles. The van der Waals surface area contributed by atoms with Crippen LogP contribution >= 0.6 is 0 Å². The van der Waals surface area contributed by atoms with Gasteiger partial charge in [-0.25, -0.2) is 4.98 Å². The summed E-state index contributed by atoms with van der Waals surface area (Å²) in [5.74, 6) is 1.00.